The van der Waals surface area contributed by atoms with Gasteiger partial charge in [-0.2, -0.15) is 5.26 Å². The molecule has 2 aromatic rings. The molecule has 3 unspecified atom stereocenters. The molecule has 3 amide bonds. The molecule has 0 aliphatic rings. The van der Waals surface area contributed by atoms with Crippen LogP contribution in [0.5, 0.6) is 0 Å². The summed E-state index contributed by atoms with van der Waals surface area (Å²) in [5, 5.41) is 15.7. The Morgan fingerprint density at radius 2 is 1.77 bits per heavy atom. The van der Waals surface area contributed by atoms with Gasteiger partial charge in [0.05, 0.1) is 16.8 Å². The number of nitrogens with one attached hydrogen (secondary N) is 2. The Morgan fingerprint density at radius 1 is 1.10 bits per heavy atom. The second kappa shape index (κ2) is 13.5. The number of benzene rings is 2. The van der Waals surface area contributed by atoms with E-state index >= 15 is 0 Å². The Bertz CT molecular complexity index is 1230. The fraction of sp³-hybridized carbons (Fsp3) is 0.467. The SMILES string of the molecule is CCC(C)C(NC(=O)OC(C)(C)C)C(=O)N(CC#N)C(C(=O)Nc1c(C)cccc1Cl)c1cc(C)ccc1C. The van der Waals surface area contributed by atoms with Crippen LogP contribution < -0.4 is 10.6 Å². The predicted octanol–water partition coefficient (Wildman–Crippen LogP) is 6.24. The summed E-state index contributed by atoms with van der Waals surface area (Å²) >= 11 is 6.40. The number of halogens is 1. The lowest BCUT2D eigenvalue weighted by molar-refractivity contribution is -0.141. The van der Waals surface area contributed by atoms with E-state index < -0.39 is 35.6 Å². The zero-order chi connectivity index (χ0) is 29.5. The van der Waals surface area contributed by atoms with Crippen LogP contribution in [0.3, 0.4) is 0 Å². The van der Waals surface area contributed by atoms with Gasteiger partial charge in [0, 0.05) is 0 Å². The van der Waals surface area contributed by atoms with Crippen molar-refractivity contribution in [2.75, 3.05) is 11.9 Å². The number of rotatable bonds is 9. The molecular formula is C30H39ClN4O4. The van der Waals surface area contributed by atoms with Gasteiger partial charge >= 0.3 is 6.09 Å². The lowest BCUT2D eigenvalue weighted by atomic mass is 9.93. The first-order valence-corrected chi connectivity index (χ1v) is 13.4. The number of nitriles is 1. The summed E-state index contributed by atoms with van der Waals surface area (Å²) in [5.41, 5.74) is 2.63. The summed E-state index contributed by atoms with van der Waals surface area (Å²) in [7, 11) is 0. The van der Waals surface area contributed by atoms with Crippen LogP contribution in [-0.4, -0.2) is 41.0 Å². The molecule has 2 rings (SSSR count). The normalized spacial score (nSPS) is 13.4. The molecule has 3 atom stereocenters. The third-order valence-electron chi connectivity index (χ3n) is 6.43. The van der Waals surface area contributed by atoms with Gasteiger partial charge in [0.25, 0.3) is 5.91 Å². The molecule has 0 spiro atoms. The van der Waals surface area contributed by atoms with Crippen LogP contribution in [0.1, 0.15) is 69.3 Å². The first-order valence-electron chi connectivity index (χ1n) is 13.0. The second-order valence-corrected chi connectivity index (χ2v) is 11.2. The summed E-state index contributed by atoms with van der Waals surface area (Å²) < 4.78 is 5.41. The summed E-state index contributed by atoms with van der Waals surface area (Å²) in [6.45, 7) is 14.1. The van der Waals surface area contributed by atoms with Gasteiger partial charge in [0.2, 0.25) is 5.91 Å². The summed E-state index contributed by atoms with van der Waals surface area (Å²) in [4.78, 5) is 42.0. The maximum absolute atomic E-state index is 14.1. The van der Waals surface area contributed by atoms with Crippen LogP contribution in [0.25, 0.3) is 0 Å². The molecular weight excluding hydrogens is 516 g/mol. The minimum absolute atomic E-state index is 0.306. The smallest absolute Gasteiger partial charge is 0.408 e. The molecule has 0 heterocycles. The van der Waals surface area contributed by atoms with Crippen molar-refractivity contribution in [3.63, 3.8) is 0 Å². The zero-order valence-electron chi connectivity index (χ0n) is 24.0. The van der Waals surface area contributed by atoms with Gasteiger partial charge in [-0.3, -0.25) is 9.59 Å². The van der Waals surface area contributed by atoms with Gasteiger partial charge in [-0.15, -0.1) is 0 Å². The number of aryl methyl sites for hydroxylation is 3. The number of anilines is 1. The van der Waals surface area contributed by atoms with Crippen LogP contribution in [0.15, 0.2) is 36.4 Å². The quantitative estimate of drug-likeness (QED) is 0.356. The van der Waals surface area contributed by atoms with Crippen molar-refractivity contribution >= 4 is 35.2 Å². The molecule has 0 bridgehead atoms. The zero-order valence-corrected chi connectivity index (χ0v) is 24.8. The molecule has 2 aromatic carbocycles. The number of ether oxygens (including phenoxy) is 1. The van der Waals surface area contributed by atoms with Gasteiger partial charge in [-0.05, 0) is 70.2 Å². The minimum atomic E-state index is -1.17. The number of amides is 3. The third-order valence-corrected chi connectivity index (χ3v) is 6.75. The molecule has 9 heteroatoms. The van der Waals surface area contributed by atoms with Crippen LogP contribution in [0.4, 0.5) is 10.5 Å². The Morgan fingerprint density at radius 3 is 2.33 bits per heavy atom. The third kappa shape index (κ3) is 8.46. The Hall–Kier alpha value is -3.57. The molecule has 8 nitrogen and oxygen atoms in total. The number of carbonyl (C=O) groups excluding carboxylic acids is 3. The Balaban J connectivity index is 2.63. The van der Waals surface area contributed by atoms with E-state index in [0.29, 0.717) is 22.7 Å². The topological polar surface area (TPSA) is 112 Å². The molecule has 0 aliphatic heterocycles. The van der Waals surface area contributed by atoms with E-state index in [0.717, 1.165) is 16.7 Å². The molecule has 0 saturated carbocycles. The van der Waals surface area contributed by atoms with Gasteiger partial charge in [0.15, 0.2) is 0 Å². The first kappa shape index (κ1) is 31.6. The van der Waals surface area contributed by atoms with E-state index in [1.807, 2.05) is 65.0 Å². The van der Waals surface area contributed by atoms with Crippen molar-refractivity contribution < 1.29 is 19.1 Å². The van der Waals surface area contributed by atoms with Crippen LogP contribution in [0, 0.1) is 38.0 Å². The van der Waals surface area contributed by atoms with E-state index in [4.69, 9.17) is 16.3 Å². The van der Waals surface area contributed by atoms with E-state index in [1.165, 1.54) is 4.90 Å². The van der Waals surface area contributed by atoms with E-state index in [2.05, 4.69) is 10.6 Å². The van der Waals surface area contributed by atoms with Gasteiger partial charge in [-0.1, -0.05) is 67.8 Å². The number of nitrogens with zero attached hydrogens (tertiary/aromatic N) is 2. The second-order valence-electron chi connectivity index (χ2n) is 10.8. The minimum Gasteiger partial charge on any atom is -0.444 e. The maximum Gasteiger partial charge on any atom is 0.408 e. The molecule has 0 saturated heterocycles. The lowest BCUT2D eigenvalue weighted by Gasteiger charge is -2.35. The fourth-order valence-corrected chi connectivity index (χ4v) is 4.42. The summed E-state index contributed by atoms with van der Waals surface area (Å²) in [6, 6.07) is 10.7. The van der Waals surface area contributed by atoms with Crippen LogP contribution in [0.2, 0.25) is 5.02 Å². The number of hydrogen-bond acceptors (Lipinski definition) is 5. The molecule has 39 heavy (non-hydrogen) atoms. The maximum atomic E-state index is 14.1. The van der Waals surface area contributed by atoms with Gasteiger partial charge in [0.1, 0.15) is 24.2 Å². The number of hydrogen-bond donors (Lipinski definition) is 2. The molecule has 210 valence electrons. The fourth-order valence-electron chi connectivity index (χ4n) is 4.16. The first-order chi connectivity index (χ1) is 18.2. The molecule has 2 N–H and O–H groups in total. The molecule has 0 aromatic heterocycles. The largest absolute Gasteiger partial charge is 0.444 e. The number of para-hydroxylation sites is 1. The summed E-state index contributed by atoms with van der Waals surface area (Å²) in [5.74, 6) is -1.39. The number of alkyl carbamates (subject to hydrolysis) is 1. The van der Waals surface area contributed by atoms with Crippen LogP contribution >= 0.6 is 11.6 Å². The van der Waals surface area contributed by atoms with Gasteiger partial charge < -0.3 is 20.3 Å². The van der Waals surface area contributed by atoms with Crippen molar-refractivity contribution in [3.05, 3.63) is 63.7 Å². The van der Waals surface area contributed by atoms with Crippen molar-refractivity contribution in [1.82, 2.24) is 10.2 Å². The highest BCUT2D eigenvalue weighted by Gasteiger charge is 2.39. The van der Waals surface area contributed by atoms with Crippen molar-refractivity contribution in [3.8, 4) is 6.07 Å². The highest BCUT2D eigenvalue weighted by atomic mass is 35.5. The average Bonchev–Trinajstić information content (AvgIpc) is 2.84. The number of carbonyl (C=O) groups is 3. The molecule has 0 radical (unpaired) electrons. The predicted molar refractivity (Wildman–Crippen MR) is 153 cm³/mol. The Labute approximate surface area is 236 Å². The lowest BCUT2D eigenvalue weighted by Crippen LogP contribution is -2.55. The van der Waals surface area contributed by atoms with E-state index in [1.54, 1.807) is 32.9 Å². The Kier molecular flexibility index (Phi) is 10.9. The monoisotopic (exact) mass is 554 g/mol. The highest BCUT2D eigenvalue weighted by molar-refractivity contribution is 6.34. The molecule has 0 aliphatic carbocycles. The van der Waals surface area contributed by atoms with E-state index in [9.17, 15) is 19.6 Å². The van der Waals surface area contributed by atoms with Crippen molar-refractivity contribution in [1.29, 1.82) is 5.26 Å². The van der Waals surface area contributed by atoms with Crippen LogP contribution in [-0.2, 0) is 14.3 Å². The van der Waals surface area contributed by atoms with E-state index in [-0.39, 0.29) is 12.5 Å². The van der Waals surface area contributed by atoms with Gasteiger partial charge in [-0.25, -0.2) is 4.79 Å². The van der Waals surface area contributed by atoms with Crippen molar-refractivity contribution in [2.24, 2.45) is 5.92 Å². The average molecular weight is 555 g/mol. The standard InChI is InChI=1S/C30H39ClN4O4/c1-9-19(3)25(34-29(38)39-30(6,7)8)28(37)35(16-15-32)26(22-17-18(2)13-14-20(22)4)27(36)33-24-21(5)11-10-12-23(24)31/h10-14,17,19,25-26H,9,16H2,1-8H3,(H,33,36)(H,34,38). The molecule has 0 fully saturated rings. The van der Waals surface area contributed by atoms with Crippen molar-refractivity contribution in [2.45, 2.75) is 79.5 Å². The highest BCUT2D eigenvalue weighted by Crippen LogP contribution is 2.31. The summed E-state index contributed by atoms with van der Waals surface area (Å²) in [6.07, 6.45) is -0.191.